The molecule has 1 aromatic carbocycles. The van der Waals surface area contributed by atoms with Crippen LogP contribution in [0.5, 0.6) is 5.75 Å². The van der Waals surface area contributed by atoms with Gasteiger partial charge in [0.05, 0.1) is 23.3 Å². The minimum absolute atomic E-state index is 0.530. The van der Waals surface area contributed by atoms with Crippen LogP contribution in [0.15, 0.2) is 16.7 Å². The van der Waals surface area contributed by atoms with Crippen molar-refractivity contribution in [3.05, 3.63) is 29.4 Å². The van der Waals surface area contributed by atoms with Crippen molar-refractivity contribution in [3.63, 3.8) is 0 Å². The molecule has 2 aromatic heterocycles. The van der Waals surface area contributed by atoms with Crippen molar-refractivity contribution in [3.8, 4) is 16.9 Å². The van der Waals surface area contributed by atoms with E-state index in [1.54, 1.807) is 0 Å². The van der Waals surface area contributed by atoms with Crippen LogP contribution in [0.3, 0.4) is 0 Å². The average Bonchev–Trinajstić information content (AvgIpc) is 3.19. The Morgan fingerprint density at radius 3 is 2.80 bits per heavy atom. The third-order valence-electron chi connectivity index (χ3n) is 5.46. The minimum atomic E-state index is 0.530. The molecular weight excluding hydrogens is 316 g/mol. The predicted molar refractivity (Wildman–Crippen MR) is 95.0 cm³/mol. The fourth-order valence-corrected chi connectivity index (χ4v) is 4.28. The maximum Gasteiger partial charge on any atom is 0.153 e. The molecule has 0 bridgehead atoms. The van der Waals surface area contributed by atoms with Crippen LogP contribution in [0.1, 0.15) is 36.0 Å². The number of hydrogen-bond acceptors (Lipinski definition) is 5. The van der Waals surface area contributed by atoms with Gasteiger partial charge in [-0.2, -0.15) is 0 Å². The summed E-state index contributed by atoms with van der Waals surface area (Å²) in [6.45, 7) is 7.61. The standard InChI is InChI=1S/C19H22N4O2/c1-11-16(12(2)25-22-11)14-3-4-15-17-18(14)24-10-9-23(17)19(21-15)13-5-7-20-8-6-13/h3-4,13,20H,5-10H2,1-2H3. The van der Waals surface area contributed by atoms with E-state index in [0.29, 0.717) is 12.5 Å². The number of aromatic nitrogens is 3. The number of piperidine rings is 1. The zero-order valence-corrected chi connectivity index (χ0v) is 14.6. The summed E-state index contributed by atoms with van der Waals surface area (Å²) in [7, 11) is 0. The molecule has 1 N–H and O–H groups in total. The van der Waals surface area contributed by atoms with E-state index in [1.807, 2.05) is 13.8 Å². The van der Waals surface area contributed by atoms with E-state index in [4.69, 9.17) is 14.2 Å². The lowest BCUT2D eigenvalue weighted by Gasteiger charge is -2.25. The number of nitrogens with zero attached hydrogens (tertiary/aromatic N) is 3. The number of imidazole rings is 1. The molecule has 0 atom stereocenters. The summed E-state index contributed by atoms with van der Waals surface area (Å²) in [4.78, 5) is 4.99. The SMILES string of the molecule is Cc1noc(C)c1-c1ccc2nc(C3CCNCC3)n3c2c1OCC3. The maximum absolute atomic E-state index is 6.12. The lowest BCUT2D eigenvalue weighted by molar-refractivity contribution is 0.282. The average molecular weight is 338 g/mol. The smallest absolute Gasteiger partial charge is 0.153 e. The molecule has 0 saturated carbocycles. The monoisotopic (exact) mass is 338 g/mol. The molecule has 5 rings (SSSR count). The molecule has 6 heteroatoms. The van der Waals surface area contributed by atoms with Gasteiger partial charge < -0.3 is 19.1 Å². The summed E-state index contributed by atoms with van der Waals surface area (Å²) in [6, 6.07) is 4.20. The van der Waals surface area contributed by atoms with Crippen molar-refractivity contribution in [1.82, 2.24) is 20.0 Å². The molecule has 130 valence electrons. The lowest BCUT2D eigenvalue weighted by Crippen LogP contribution is -2.28. The molecule has 1 saturated heterocycles. The number of rotatable bonds is 2. The van der Waals surface area contributed by atoms with Crippen LogP contribution >= 0.6 is 0 Å². The molecule has 0 radical (unpaired) electrons. The van der Waals surface area contributed by atoms with Crippen molar-refractivity contribution in [1.29, 1.82) is 0 Å². The normalized spacial score (nSPS) is 17.8. The third-order valence-corrected chi connectivity index (χ3v) is 5.46. The lowest BCUT2D eigenvalue weighted by atomic mass is 9.97. The highest BCUT2D eigenvalue weighted by atomic mass is 16.5. The predicted octanol–water partition coefficient (Wildman–Crippen LogP) is 3.17. The molecule has 2 aliphatic rings. The van der Waals surface area contributed by atoms with Gasteiger partial charge in [0.2, 0.25) is 0 Å². The van der Waals surface area contributed by atoms with Gasteiger partial charge in [-0.05, 0) is 51.9 Å². The van der Waals surface area contributed by atoms with Gasteiger partial charge in [0.25, 0.3) is 0 Å². The highest BCUT2D eigenvalue weighted by molar-refractivity contribution is 5.92. The highest BCUT2D eigenvalue weighted by Crippen LogP contribution is 2.42. The van der Waals surface area contributed by atoms with E-state index in [2.05, 4.69) is 27.2 Å². The van der Waals surface area contributed by atoms with E-state index in [0.717, 1.165) is 71.8 Å². The van der Waals surface area contributed by atoms with Gasteiger partial charge in [0.1, 0.15) is 23.7 Å². The molecule has 3 aromatic rings. The minimum Gasteiger partial charge on any atom is -0.489 e. The van der Waals surface area contributed by atoms with Crippen LogP contribution in [-0.2, 0) is 6.54 Å². The Balaban J connectivity index is 1.73. The molecular formula is C19H22N4O2. The van der Waals surface area contributed by atoms with E-state index in [1.165, 1.54) is 5.82 Å². The van der Waals surface area contributed by atoms with Gasteiger partial charge in [0, 0.05) is 11.5 Å². The molecule has 1 fully saturated rings. The second-order valence-corrected chi connectivity index (χ2v) is 7.00. The number of benzene rings is 1. The molecule has 4 heterocycles. The van der Waals surface area contributed by atoms with Gasteiger partial charge >= 0.3 is 0 Å². The largest absolute Gasteiger partial charge is 0.489 e. The molecule has 0 unspecified atom stereocenters. The van der Waals surface area contributed by atoms with Crippen molar-refractivity contribution in [2.24, 2.45) is 0 Å². The fourth-order valence-electron chi connectivity index (χ4n) is 4.28. The quantitative estimate of drug-likeness (QED) is 0.777. The van der Waals surface area contributed by atoms with E-state index in [-0.39, 0.29) is 0 Å². The summed E-state index contributed by atoms with van der Waals surface area (Å²) in [5.74, 6) is 3.50. The van der Waals surface area contributed by atoms with Crippen molar-refractivity contribution < 1.29 is 9.26 Å². The highest BCUT2D eigenvalue weighted by Gasteiger charge is 2.28. The summed E-state index contributed by atoms with van der Waals surface area (Å²) >= 11 is 0. The van der Waals surface area contributed by atoms with Gasteiger partial charge in [-0.3, -0.25) is 0 Å². The van der Waals surface area contributed by atoms with Gasteiger partial charge in [-0.15, -0.1) is 0 Å². The molecule has 0 aliphatic carbocycles. The van der Waals surface area contributed by atoms with Crippen LogP contribution in [0.25, 0.3) is 22.2 Å². The Kier molecular flexibility index (Phi) is 3.35. The Morgan fingerprint density at radius 1 is 1.20 bits per heavy atom. The summed E-state index contributed by atoms with van der Waals surface area (Å²) < 4.78 is 13.9. The van der Waals surface area contributed by atoms with Crippen LogP contribution in [0.2, 0.25) is 0 Å². The van der Waals surface area contributed by atoms with Crippen LogP contribution in [-0.4, -0.2) is 34.4 Å². The van der Waals surface area contributed by atoms with Gasteiger partial charge in [-0.25, -0.2) is 4.98 Å². The zero-order valence-electron chi connectivity index (χ0n) is 14.6. The first-order valence-electron chi connectivity index (χ1n) is 9.04. The fraction of sp³-hybridized carbons (Fsp3) is 0.474. The maximum atomic E-state index is 6.12. The number of nitrogens with one attached hydrogen (secondary N) is 1. The molecule has 25 heavy (non-hydrogen) atoms. The first-order valence-corrected chi connectivity index (χ1v) is 9.04. The van der Waals surface area contributed by atoms with Gasteiger partial charge in [0.15, 0.2) is 5.75 Å². The van der Waals surface area contributed by atoms with Crippen molar-refractivity contribution in [2.75, 3.05) is 19.7 Å². The molecule has 6 nitrogen and oxygen atoms in total. The summed E-state index contributed by atoms with van der Waals surface area (Å²) in [5, 5.41) is 7.55. The topological polar surface area (TPSA) is 65.1 Å². The van der Waals surface area contributed by atoms with Crippen molar-refractivity contribution in [2.45, 2.75) is 39.2 Å². The first kappa shape index (κ1) is 15.0. The molecule has 0 amide bonds. The number of aryl methyl sites for hydroxylation is 2. The van der Waals surface area contributed by atoms with E-state index < -0.39 is 0 Å². The van der Waals surface area contributed by atoms with Crippen molar-refractivity contribution >= 4 is 11.0 Å². The Hall–Kier alpha value is -2.34. The summed E-state index contributed by atoms with van der Waals surface area (Å²) in [5.41, 5.74) is 5.14. The third kappa shape index (κ3) is 2.20. The molecule has 2 aliphatic heterocycles. The Morgan fingerprint density at radius 2 is 2.04 bits per heavy atom. The zero-order chi connectivity index (χ0) is 17.0. The Bertz CT molecular complexity index is 931. The van der Waals surface area contributed by atoms with Crippen LogP contribution in [0, 0.1) is 13.8 Å². The van der Waals surface area contributed by atoms with E-state index >= 15 is 0 Å². The number of hydrogen-bond donors (Lipinski definition) is 1. The number of ether oxygens (including phenoxy) is 1. The second kappa shape index (κ2) is 5.59. The van der Waals surface area contributed by atoms with Crippen LogP contribution in [0.4, 0.5) is 0 Å². The second-order valence-electron chi connectivity index (χ2n) is 7.00. The van der Waals surface area contributed by atoms with Gasteiger partial charge in [-0.1, -0.05) is 5.16 Å². The summed E-state index contributed by atoms with van der Waals surface area (Å²) in [6.07, 6.45) is 2.30. The van der Waals surface area contributed by atoms with E-state index in [9.17, 15) is 0 Å². The van der Waals surface area contributed by atoms with Crippen LogP contribution < -0.4 is 10.1 Å². The Labute approximate surface area is 146 Å². The molecule has 0 spiro atoms. The first-order chi connectivity index (χ1) is 12.2.